The number of nitrogens with one attached hydrogen (secondary N) is 2. The van der Waals surface area contributed by atoms with Gasteiger partial charge in [-0.25, -0.2) is 0 Å². The highest BCUT2D eigenvalue weighted by molar-refractivity contribution is 6.08. The summed E-state index contributed by atoms with van der Waals surface area (Å²) in [7, 11) is 1.73. The van der Waals surface area contributed by atoms with Crippen molar-refractivity contribution in [1.82, 2.24) is 29.8 Å². The molecule has 4 aromatic rings. The number of anilines is 1. The van der Waals surface area contributed by atoms with Gasteiger partial charge in [-0.15, -0.1) is 0 Å². The number of aryl methyl sites for hydroxylation is 2. The molecule has 2 aliphatic rings. The highest BCUT2D eigenvalue weighted by Crippen LogP contribution is 2.28. The van der Waals surface area contributed by atoms with Crippen LogP contribution >= 0.6 is 0 Å². The lowest BCUT2D eigenvalue weighted by Gasteiger charge is -2.23. The van der Waals surface area contributed by atoms with Crippen molar-refractivity contribution in [2.24, 2.45) is 13.0 Å². The Bertz CT molecular complexity index is 1600. The molecule has 4 heterocycles. The summed E-state index contributed by atoms with van der Waals surface area (Å²) >= 11 is 0. The largest absolute Gasteiger partial charge is 0.463 e. The number of furan rings is 1. The molecule has 220 valence electrons. The molecule has 6 rings (SSSR count). The molecule has 3 aromatic heterocycles. The molecular formula is C31H37N7O4. The molecule has 11 heteroatoms. The van der Waals surface area contributed by atoms with Crippen LogP contribution in [0.15, 0.2) is 53.3 Å². The molecule has 1 saturated heterocycles. The third-order valence-corrected chi connectivity index (χ3v) is 8.50. The van der Waals surface area contributed by atoms with Gasteiger partial charge in [0.05, 0.1) is 11.3 Å². The fraction of sp³-hybridized carbons (Fsp3) is 0.452. The number of aromatic nitrogens is 4. The molecule has 3 amide bonds. The van der Waals surface area contributed by atoms with E-state index in [1.54, 1.807) is 29.9 Å². The van der Waals surface area contributed by atoms with Crippen LogP contribution in [0.25, 0.3) is 11.0 Å². The smallest absolute Gasteiger partial charge is 0.269 e. The van der Waals surface area contributed by atoms with Crippen molar-refractivity contribution in [2.75, 3.05) is 11.9 Å². The van der Waals surface area contributed by atoms with Crippen LogP contribution in [0, 0.1) is 5.92 Å². The fourth-order valence-electron chi connectivity index (χ4n) is 6.26. The number of benzene rings is 1. The quantitative estimate of drug-likeness (QED) is 0.327. The molecule has 1 aliphatic heterocycles. The third kappa shape index (κ3) is 5.68. The maximum Gasteiger partial charge on any atom is 0.269 e. The number of hydrogen-bond donors (Lipinski definition) is 2. The Morgan fingerprint density at radius 3 is 2.67 bits per heavy atom. The van der Waals surface area contributed by atoms with Crippen LogP contribution in [0.1, 0.15) is 72.0 Å². The zero-order chi connectivity index (χ0) is 29.2. The van der Waals surface area contributed by atoms with E-state index in [0.717, 1.165) is 12.2 Å². The highest BCUT2D eigenvalue weighted by Gasteiger charge is 2.41. The average Bonchev–Trinajstić information content (AvgIpc) is 3.79. The Morgan fingerprint density at radius 2 is 1.88 bits per heavy atom. The first-order valence-corrected chi connectivity index (χ1v) is 14.8. The summed E-state index contributed by atoms with van der Waals surface area (Å²) < 4.78 is 9.07. The van der Waals surface area contributed by atoms with Crippen molar-refractivity contribution in [1.29, 1.82) is 0 Å². The van der Waals surface area contributed by atoms with Crippen LogP contribution in [0.4, 0.5) is 5.82 Å². The molecule has 0 bridgehead atoms. The molecule has 2 N–H and O–H groups in total. The van der Waals surface area contributed by atoms with Gasteiger partial charge in [0.2, 0.25) is 5.91 Å². The normalized spacial score (nSPS) is 19.3. The van der Waals surface area contributed by atoms with Crippen LogP contribution < -0.4 is 10.6 Å². The summed E-state index contributed by atoms with van der Waals surface area (Å²) in [5, 5.41) is 15.6. The second-order valence-electron chi connectivity index (χ2n) is 11.4. The molecule has 42 heavy (non-hydrogen) atoms. The van der Waals surface area contributed by atoms with Gasteiger partial charge in [0.1, 0.15) is 23.6 Å². The predicted molar refractivity (Wildman–Crippen MR) is 157 cm³/mol. The number of likely N-dealkylation sites (tertiary alicyclic amines) is 1. The Kier molecular flexibility index (Phi) is 7.82. The average molecular weight is 572 g/mol. The minimum Gasteiger partial charge on any atom is -0.463 e. The van der Waals surface area contributed by atoms with E-state index < -0.39 is 12.1 Å². The zero-order valence-electron chi connectivity index (χ0n) is 24.1. The van der Waals surface area contributed by atoms with Crippen LogP contribution in [-0.2, 0) is 24.8 Å². The molecule has 1 aromatic carbocycles. The number of carbonyl (C=O) groups excluding carboxylic acids is 3. The molecule has 0 radical (unpaired) electrons. The molecule has 2 fully saturated rings. The van der Waals surface area contributed by atoms with E-state index in [1.165, 1.54) is 43.3 Å². The van der Waals surface area contributed by atoms with Gasteiger partial charge >= 0.3 is 0 Å². The molecule has 1 saturated carbocycles. The Hall–Kier alpha value is -4.41. The van der Waals surface area contributed by atoms with Crippen molar-refractivity contribution in [2.45, 2.75) is 70.5 Å². The van der Waals surface area contributed by atoms with Gasteiger partial charge in [-0.1, -0.05) is 44.4 Å². The summed E-state index contributed by atoms with van der Waals surface area (Å²) in [6.45, 7) is 2.99. The Morgan fingerprint density at radius 1 is 1.07 bits per heavy atom. The van der Waals surface area contributed by atoms with Gasteiger partial charge in [-0.2, -0.15) is 10.2 Å². The van der Waals surface area contributed by atoms with Crippen molar-refractivity contribution >= 4 is 34.5 Å². The Labute approximate surface area is 244 Å². The van der Waals surface area contributed by atoms with Crippen LogP contribution in [0.2, 0.25) is 0 Å². The SMILES string of the molecule is CCc1cc(C(=O)N[C@@H]2C[C@@H](C(=O)Nc3ccn(CC4CCCCC4)n3)N(C(=O)c3coc4ccccc34)C2)n(C)n1. The number of fused-ring (bicyclic) bond motifs is 1. The summed E-state index contributed by atoms with van der Waals surface area (Å²) in [6.07, 6.45) is 10.5. The second-order valence-corrected chi connectivity index (χ2v) is 11.4. The first-order valence-electron chi connectivity index (χ1n) is 14.8. The number of amides is 3. The fourth-order valence-corrected chi connectivity index (χ4v) is 6.26. The first-order chi connectivity index (χ1) is 20.4. The maximum absolute atomic E-state index is 13.9. The van der Waals surface area contributed by atoms with Gasteiger partial charge in [0.25, 0.3) is 11.8 Å². The summed E-state index contributed by atoms with van der Waals surface area (Å²) in [5.41, 5.74) is 2.23. The van der Waals surface area contributed by atoms with Gasteiger partial charge < -0.3 is 20.0 Å². The van der Waals surface area contributed by atoms with Crippen LogP contribution in [-0.4, -0.2) is 60.8 Å². The Balaban J connectivity index is 1.20. The van der Waals surface area contributed by atoms with Gasteiger partial charge in [-0.3, -0.25) is 23.7 Å². The molecule has 0 spiro atoms. The molecule has 0 unspecified atom stereocenters. The van der Waals surface area contributed by atoms with Crippen LogP contribution in [0.5, 0.6) is 0 Å². The number of nitrogens with zero attached hydrogens (tertiary/aromatic N) is 5. The zero-order valence-corrected chi connectivity index (χ0v) is 24.1. The van der Waals surface area contributed by atoms with E-state index in [4.69, 9.17) is 4.42 Å². The van der Waals surface area contributed by atoms with Crippen molar-refractivity contribution in [3.8, 4) is 0 Å². The van der Waals surface area contributed by atoms with Crippen LogP contribution in [0.3, 0.4) is 0 Å². The highest BCUT2D eigenvalue weighted by atomic mass is 16.3. The number of rotatable bonds is 8. The van der Waals surface area contributed by atoms with E-state index in [0.29, 0.717) is 40.4 Å². The lowest BCUT2D eigenvalue weighted by Crippen LogP contribution is -2.43. The maximum atomic E-state index is 13.9. The molecule has 11 nitrogen and oxygen atoms in total. The van der Waals surface area contributed by atoms with Gasteiger partial charge in [-0.05, 0) is 43.7 Å². The lowest BCUT2D eigenvalue weighted by molar-refractivity contribution is -0.119. The van der Waals surface area contributed by atoms with E-state index in [-0.39, 0.29) is 30.7 Å². The summed E-state index contributed by atoms with van der Waals surface area (Å²) in [5.74, 6) is 0.0926. The van der Waals surface area contributed by atoms with Gasteiger partial charge in [0.15, 0.2) is 5.82 Å². The van der Waals surface area contributed by atoms with Crippen molar-refractivity contribution < 1.29 is 18.8 Å². The lowest BCUT2D eigenvalue weighted by atomic mass is 9.89. The topological polar surface area (TPSA) is 127 Å². The summed E-state index contributed by atoms with van der Waals surface area (Å²) in [4.78, 5) is 42.2. The van der Waals surface area contributed by atoms with Crippen molar-refractivity contribution in [3.63, 3.8) is 0 Å². The molecule has 1 aliphatic carbocycles. The number of hydrogen-bond acceptors (Lipinski definition) is 6. The number of carbonyl (C=O) groups is 3. The summed E-state index contributed by atoms with van der Waals surface area (Å²) in [6, 6.07) is 9.62. The monoisotopic (exact) mass is 571 g/mol. The second kappa shape index (κ2) is 11.8. The van der Waals surface area contributed by atoms with E-state index in [2.05, 4.69) is 20.8 Å². The van der Waals surface area contributed by atoms with E-state index in [9.17, 15) is 14.4 Å². The number of para-hydroxylation sites is 1. The first kappa shape index (κ1) is 27.7. The minimum absolute atomic E-state index is 0.177. The molecular weight excluding hydrogens is 534 g/mol. The molecule has 2 atom stereocenters. The minimum atomic E-state index is -0.808. The van der Waals surface area contributed by atoms with Gasteiger partial charge in [0, 0.05) is 43.8 Å². The standard InChI is InChI=1S/C31H37N7O4/c1-3-21-15-25(36(2)34-21)29(39)32-22-16-26(38(18-22)31(41)24-19-42-27-12-8-7-11-23(24)27)30(40)33-28-13-14-37(35-28)17-20-9-5-4-6-10-20/h7-8,11-15,19-20,22,26H,3-6,9-10,16-18H2,1-2H3,(H,32,39)(H,33,35,40)/t22-,26+/m1/s1. The predicted octanol–water partition coefficient (Wildman–Crippen LogP) is 4.16. The van der Waals surface area contributed by atoms with Crippen molar-refractivity contribution in [3.05, 3.63) is 65.8 Å². The third-order valence-electron chi connectivity index (χ3n) is 8.50. The van der Waals surface area contributed by atoms with E-state index in [1.807, 2.05) is 36.0 Å². The van der Waals surface area contributed by atoms with E-state index >= 15 is 0 Å².